The van der Waals surface area contributed by atoms with Crippen molar-refractivity contribution in [2.45, 2.75) is 12.8 Å². The number of benzene rings is 1. The number of urea groups is 1. The van der Waals surface area contributed by atoms with Crippen LogP contribution in [0.25, 0.3) is 0 Å². The van der Waals surface area contributed by atoms with Gasteiger partial charge in [-0.2, -0.15) is 0 Å². The lowest BCUT2D eigenvalue weighted by Gasteiger charge is -2.36. The molecular weight excluding hydrogens is 394 g/mol. The summed E-state index contributed by atoms with van der Waals surface area (Å²) in [5.41, 5.74) is -0.0976. The second-order valence-electron chi connectivity index (χ2n) is 7.40. The fraction of sp³-hybridized carbons (Fsp3) is 0.474. The second-order valence-corrected chi connectivity index (χ2v) is 7.40. The molecule has 0 aliphatic carbocycles. The molecule has 1 aromatic rings. The molecule has 0 atom stereocenters. The Kier molecular flexibility index (Phi) is 5.99. The number of nitro benzene ring substituents is 1. The largest absolute Gasteiger partial charge is 0.339 e. The zero-order valence-corrected chi connectivity index (χ0v) is 16.9. The second kappa shape index (κ2) is 8.47. The smallest absolute Gasteiger partial charge is 0.319 e. The summed E-state index contributed by atoms with van der Waals surface area (Å²) in [7, 11) is 3.36. The van der Waals surface area contributed by atoms with Gasteiger partial charge >= 0.3 is 6.03 Å². The van der Waals surface area contributed by atoms with Gasteiger partial charge < -0.3 is 14.7 Å². The molecule has 0 aromatic heterocycles. The molecule has 5 amide bonds. The third-order valence-corrected chi connectivity index (χ3v) is 5.22. The average molecular weight is 417 g/mol. The number of rotatable bonds is 5. The molecule has 2 aliphatic heterocycles. The number of piperazine rings is 1. The molecule has 160 valence electrons. The Hall–Kier alpha value is -3.50. The molecule has 2 heterocycles. The van der Waals surface area contributed by atoms with Crippen molar-refractivity contribution in [3.63, 3.8) is 0 Å². The van der Waals surface area contributed by atoms with Crippen LogP contribution in [0.5, 0.6) is 0 Å². The number of imide groups is 1. The van der Waals surface area contributed by atoms with E-state index >= 15 is 0 Å². The number of carbonyl (C=O) groups is 4. The van der Waals surface area contributed by atoms with Crippen LogP contribution < -0.4 is 0 Å². The molecule has 0 N–H and O–H groups in total. The molecule has 0 unspecified atom stereocenters. The molecule has 1 saturated heterocycles. The highest BCUT2D eigenvalue weighted by atomic mass is 16.6. The Morgan fingerprint density at radius 1 is 1.03 bits per heavy atom. The first-order valence-corrected chi connectivity index (χ1v) is 9.59. The molecule has 11 heteroatoms. The normalized spacial score (nSPS) is 16.0. The fourth-order valence-electron chi connectivity index (χ4n) is 3.57. The summed E-state index contributed by atoms with van der Waals surface area (Å²) in [4.78, 5) is 65.4. The van der Waals surface area contributed by atoms with Crippen molar-refractivity contribution in [2.75, 3.05) is 46.8 Å². The summed E-state index contributed by atoms with van der Waals surface area (Å²) >= 11 is 0. The summed E-state index contributed by atoms with van der Waals surface area (Å²) in [6.07, 6.45) is 0.457. The van der Waals surface area contributed by atoms with E-state index < -0.39 is 16.7 Å². The van der Waals surface area contributed by atoms with E-state index in [1.165, 1.54) is 17.0 Å². The van der Waals surface area contributed by atoms with E-state index in [0.717, 1.165) is 11.0 Å². The van der Waals surface area contributed by atoms with Crippen LogP contribution in [0.4, 0.5) is 10.5 Å². The van der Waals surface area contributed by atoms with Crippen LogP contribution >= 0.6 is 0 Å². The van der Waals surface area contributed by atoms with E-state index in [0.29, 0.717) is 32.6 Å². The number of nitro groups is 1. The van der Waals surface area contributed by atoms with E-state index in [9.17, 15) is 29.3 Å². The maximum atomic E-state index is 12.5. The molecule has 0 radical (unpaired) electrons. The van der Waals surface area contributed by atoms with E-state index in [4.69, 9.17) is 0 Å². The number of hydrogen-bond acceptors (Lipinski definition) is 6. The van der Waals surface area contributed by atoms with Crippen molar-refractivity contribution in [1.29, 1.82) is 0 Å². The van der Waals surface area contributed by atoms with Crippen molar-refractivity contribution >= 4 is 29.4 Å². The number of amides is 5. The first-order chi connectivity index (χ1) is 14.2. The Labute approximate surface area is 173 Å². The Bertz CT molecular complexity index is 907. The Morgan fingerprint density at radius 3 is 2.23 bits per heavy atom. The van der Waals surface area contributed by atoms with Crippen LogP contribution in [-0.4, -0.2) is 95.1 Å². The lowest BCUT2D eigenvalue weighted by molar-refractivity contribution is -0.384. The van der Waals surface area contributed by atoms with Gasteiger partial charge in [-0.25, -0.2) is 4.79 Å². The first-order valence-electron chi connectivity index (χ1n) is 9.59. The highest BCUT2D eigenvalue weighted by Gasteiger charge is 2.36. The minimum absolute atomic E-state index is 0.0159. The molecule has 3 rings (SSSR count). The topological polar surface area (TPSA) is 124 Å². The van der Waals surface area contributed by atoms with Gasteiger partial charge in [-0.3, -0.25) is 29.4 Å². The van der Waals surface area contributed by atoms with Crippen molar-refractivity contribution < 1.29 is 24.1 Å². The van der Waals surface area contributed by atoms with Crippen LogP contribution in [0.3, 0.4) is 0 Å². The van der Waals surface area contributed by atoms with Crippen molar-refractivity contribution in [2.24, 2.45) is 0 Å². The zero-order chi connectivity index (χ0) is 22.0. The predicted octanol–water partition coefficient (Wildman–Crippen LogP) is 0.797. The monoisotopic (exact) mass is 417 g/mol. The van der Waals surface area contributed by atoms with Gasteiger partial charge in [0.05, 0.1) is 16.1 Å². The highest BCUT2D eigenvalue weighted by Crippen LogP contribution is 2.27. The van der Waals surface area contributed by atoms with E-state index in [1.807, 2.05) is 0 Å². The number of carbonyl (C=O) groups excluding carboxylic acids is 4. The SMILES string of the molecule is CN(C)C(=O)N1CCN(C(=O)CCCN2C(=O)c3ccc([N+](=O)[O-])cc3C2=O)CC1. The molecule has 30 heavy (non-hydrogen) atoms. The molecule has 2 aliphatic rings. The van der Waals surface area contributed by atoms with Crippen LogP contribution in [-0.2, 0) is 4.79 Å². The van der Waals surface area contributed by atoms with Crippen molar-refractivity contribution in [3.8, 4) is 0 Å². The maximum absolute atomic E-state index is 12.5. The van der Waals surface area contributed by atoms with Crippen molar-refractivity contribution in [1.82, 2.24) is 19.6 Å². The minimum Gasteiger partial charge on any atom is -0.339 e. The summed E-state index contributed by atoms with van der Waals surface area (Å²) in [5, 5.41) is 10.9. The first kappa shape index (κ1) is 21.2. The number of nitrogens with zero attached hydrogens (tertiary/aromatic N) is 5. The third-order valence-electron chi connectivity index (χ3n) is 5.22. The van der Waals surface area contributed by atoms with Crippen LogP contribution in [0.2, 0.25) is 0 Å². The molecule has 1 aromatic carbocycles. The minimum atomic E-state index is -0.620. The standard InChI is InChI=1S/C19H23N5O6/c1-20(2)19(28)22-10-8-21(9-11-22)16(25)4-3-7-23-17(26)14-6-5-13(24(29)30)12-15(14)18(23)27/h5-6,12H,3-4,7-11H2,1-2H3. The number of non-ortho nitro benzene ring substituents is 1. The van der Waals surface area contributed by atoms with E-state index in [1.54, 1.807) is 23.9 Å². The van der Waals surface area contributed by atoms with Gasteiger partial charge in [-0.05, 0) is 12.5 Å². The Balaban J connectivity index is 1.50. The van der Waals surface area contributed by atoms with Gasteiger partial charge in [0.2, 0.25) is 5.91 Å². The summed E-state index contributed by atoms with van der Waals surface area (Å²) < 4.78 is 0. The summed E-state index contributed by atoms with van der Waals surface area (Å²) in [6.45, 7) is 1.86. The summed E-state index contributed by atoms with van der Waals surface area (Å²) in [6, 6.07) is 3.49. The zero-order valence-electron chi connectivity index (χ0n) is 16.9. The lowest BCUT2D eigenvalue weighted by Crippen LogP contribution is -2.52. The van der Waals surface area contributed by atoms with E-state index in [-0.39, 0.29) is 41.7 Å². The quantitative estimate of drug-likeness (QED) is 0.396. The van der Waals surface area contributed by atoms with Crippen LogP contribution in [0.15, 0.2) is 18.2 Å². The molecule has 0 saturated carbocycles. The fourth-order valence-corrected chi connectivity index (χ4v) is 3.57. The molecular formula is C19H23N5O6. The lowest BCUT2D eigenvalue weighted by atomic mass is 10.1. The number of fused-ring (bicyclic) bond motifs is 1. The predicted molar refractivity (Wildman–Crippen MR) is 105 cm³/mol. The van der Waals surface area contributed by atoms with Gasteiger partial charge in [0.15, 0.2) is 0 Å². The van der Waals surface area contributed by atoms with Crippen molar-refractivity contribution in [3.05, 3.63) is 39.4 Å². The van der Waals surface area contributed by atoms with Crippen LogP contribution in [0.1, 0.15) is 33.6 Å². The highest BCUT2D eigenvalue weighted by molar-refractivity contribution is 6.21. The maximum Gasteiger partial charge on any atom is 0.319 e. The molecule has 11 nitrogen and oxygen atoms in total. The summed E-state index contributed by atoms with van der Waals surface area (Å²) in [5.74, 6) is -1.19. The van der Waals surface area contributed by atoms with Gasteiger partial charge in [-0.15, -0.1) is 0 Å². The van der Waals surface area contributed by atoms with Crippen LogP contribution in [0, 0.1) is 10.1 Å². The molecule has 0 spiro atoms. The van der Waals surface area contributed by atoms with Gasteiger partial charge in [0, 0.05) is 65.4 Å². The van der Waals surface area contributed by atoms with Gasteiger partial charge in [0.1, 0.15) is 0 Å². The number of hydrogen-bond donors (Lipinski definition) is 0. The van der Waals surface area contributed by atoms with E-state index in [2.05, 4.69) is 0 Å². The molecule has 0 bridgehead atoms. The molecule has 1 fully saturated rings. The average Bonchev–Trinajstić information content (AvgIpc) is 2.97. The third kappa shape index (κ3) is 4.09. The van der Waals surface area contributed by atoms with Gasteiger partial charge in [0.25, 0.3) is 17.5 Å². The Morgan fingerprint density at radius 2 is 1.63 bits per heavy atom. The van der Waals surface area contributed by atoms with Gasteiger partial charge in [-0.1, -0.05) is 0 Å².